The van der Waals surface area contributed by atoms with Crippen LogP contribution in [0.25, 0.3) is 0 Å². The zero-order chi connectivity index (χ0) is 18.7. The average molecular weight is 359 g/mol. The molecule has 3 rings (SSSR count). The van der Waals surface area contributed by atoms with Crippen LogP contribution in [0.15, 0.2) is 6.20 Å². The van der Waals surface area contributed by atoms with Gasteiger partial charge in [0.05, 0.1) is 11.3 Å². The number of carbonyl (C=O) groups is 2. The monoisotopic (exact) mass is 359 g/mol. The third kappa shape index (κ3) is 3.97. The van der Waals surface area contributed by atoms with Gasteiger partial charge < -0.3 is 14.7 Å². The second-order valence-electron chi connectivity index (χ2n) is 7.48. The maximum absolute atomic E-state index is 13.1. The van der Waals surface area contributed by atoms with E-state index in [4.69, 9.17) is 0 Å². The highest BCUT2D eigenvalue weighted by Gasteiger charge is 2.30. The van der Waals surface area contributed by atoms with Crippen molar-refractivity contribution in [2.45, 2.75) is 51.5 Å². The Morgan fingerprint density at radius 2 is 2.08 bits per heavy atom. The number of aromatic nitrogens is 2. The van der Waals surface area contributed by atoms with E-state index in [1.807, 2.05) is 35.7 Å². The summed E-state index contributed by atoms with van der Waals surface area (Å²) in [6, 6.07) is 0.192. The lowest BCUT2D eigenvalue weighted by molar-refractivity contribution is -0.127. The minimum absolute atomic E-state index is 0.0188. The zero-order valence-electron chi connectivity index (χ0n) is 16.1. The smallest absolute Gasteiger partial charge is 0.257 e. The van der Waals surface area contributed by atoms with E-state index in [-0.39, 0.29) is 17.9 Å². The molecule has 0 aliphatic carbocycles. The molecule has 1 atom stereocenters. The van der Waals surface area contributed by atoms with Gasteiger partial charge in [-0.1, -0.05) is 0 Å². The van der Waals surface area contributed by atoms with Crippen molar-refractivity contribution in [3.05, 3.63) is 17.5 Å². The summed E-state index contributed by atoms with van der Waals surface area (Å²) in [5.74, 6) is 0.884. The fraction of sp³-hybridized carbons (Fsp3) is 0.684. The molecule has 26 heavy (non-hydrogen) atoms. The van der Waals surface area contributed by atoms with Gasteiger partial charge in [-0.05, 0) is 39.0 Å². The van der Waals surface area contributed by atoms with Gasteiger partial charge in [0.2, 0.25) is 11.9 Å². The molecule has 1 aromatic rings. The fourth-order valence-electron chi connectivity index (χ4n) is 3.85. The van der Waals surface area contributed by atoms with Gasteiger partial charge in [0.15, 0.2) is 0 Å². The van der Waals surface area contributed by atoms with E-state index in [2.05, 4.69) is 9.97 Å². The first kappa shape index (κ1) is 18.6. The van der Waals surface area contributed by atoms with E-state index in [0.29, 0.717) is 23.6 Å². The summed E-state index contributed by atoms with van der Waals surface area (Å²) in [5, 5.41) is 0. The third-order valence-electron chi connectivity index (χ3n) is 5.39. The molecule has 7 heteroatoms. The van der Waals surface area contributed by atoms with Gasteiger partial charge in [0.25, 0.3) is 5.91 Å². The van der Waals surface area contributed by atoms with E-state index >= 15 is 0 Å². The molecule has 1 aromatic heterocycles. The van der Waals surface area contributed by atoms with Crippen molar-refractivity contribution >= 4 is 17.8 Å². The van der Waals surface area contributed by atoms with Crippen molar-refractivity contribution in [2.75, 3.05) is 38.6 Å². The first-order chi connectivity index (χ1) is 12.5. The maximum atomic E-state index is 13.1. The van der Waals surface area contributed by atoms with Gasteiger partial charge in [-0.2, -0.15) is 0 Å². The standard InChI is InChI=1S/C19H29N5O2/c1-14-16(13-20-19(21-14)22(2)3)18(26)24-11-5-4-7-15(24)9-12-23-10-6-8-17(23)25/h13,15H,4-12H2,1-3H3/t15-/m1/s1. The Hall–Kier alpha value is -2.18. The van der Waals surface area contributed by atoms with Crippen LogP contribution in [0.3, 0.4) is 0 Å². The average Bonchev–Trinajstić information content (AvgIpc) is 3.04. The van der Waals surface area contributed by atoms with Crippen molar-refractivity contribution in [1.82, 2.24) is 19.8 Å². The summed E-state index contributed by atoms with van der Waals surface area (Å²) < 4.78 is 0. The predicted octanol–water partition coefficient (Wildman–Crippen LogP) is 1.86. The minimum Gasteiger partial charge on any atom is -0.347 e. The van der Waals surface area contributed by atoms with Crippen molar-refractivity contribution in [1.29, 1.82) is 0 Å². The number of aryl methyl sites for hydroxylation is 1. The van der Waals surface area contributed by atoms with Crippen molar-refractivity contribution < 1.29 is 9.59 Å². The number of piperidine rings is 1. The summed E-state index contributed by atoms with van der Waals surface area (Å²) in [6.45, 7) is 4.25. The SMILES string of the molecule is Cc1nc(N(C)C)ncc1C(=O)N1CCCC[C@@H]1CCN1CCCC1=O. The molecule has 0 unspecified atom stereocenters. The number of hydrogen-bond acceptors (Lipinski definition) is 5. The summed E-state index contributed by atoms with van der Waals surface area (Å²) >= 11 is 0. The van der Waals surface area contributed by atoms with Crippen LogP contribution < -0.4 is 4.90 Å². The third-order valence-corrected chi connectivity index (χ3v) is 5.39. The van der Waals surface area contributed by atoms with Gasteiger partial charge in [0.1, 0.15) is 0 Å². The van der Waals surface area contributed by atoms with Crippen LogP contribution in [0, 0.1) is 6.92 Å². The Morgan fingerprint density at radius 3 is 2.73 bits per heavy atom. The number of likely N-dealkylation sites (tertiary alicyclic amines) is 2. The topological polar surface area (TPSA) is 69.6 Å². The number of carbonyl (C=O) groups excluding carboxylic acids is 2. The second-order valence-corrected chi connectivity index (χ2v) is 7.48. The van der Waals surface area contributed by atoms with E-state index in [9.17, 15) is 9.59 Å². The van der Waals surface area contributed by atoms with Crippen LogP contribution in [0.1, 0.15) is 54.6 Å². The van der Waals surface area contributed by atoms with E-state index < -0.39 is 0 Å². The number of hydrogen-bond donors (Lipinski definition) is 0. The number of anilines is 1. The maximum Gasteiger partial charge on any atom is 0.257 e. The van der Waals surface area contributed by atoms with Crippen LogP contribution in [0.4, 0.5) is 5.95 Å². The Bertz CT molecular complexity index is 676. The predicted molar refractivity (Wildman–Crippen MR) is 100 cm³/mol. The Morgan fingerprint density at radius 1 is 1.27 bits per heavy atom. The van der Waals surface area contributed by atoms with Crippen LogP contribution in [-0.4, -0.2) is 71.4 Å². The minimum atomic E-state index is 0.0188. The molecule has 2 aliphatic heterocycles. The van der Waals surface area contributed by atoms with Gasteiger partial charge in [-0.3, -0.25) is 9.59 Å². The van der Waals surface area contributed by atoms with Gasteiger partial charge in [-0.15, -0.1) is 0 Å². The Labute approximate surface area is 155 Å². The molecule has 142 valence electrons. The molecule has 7 nitrogen and oxygen atoms in total. The quantitative estimate of drug-likeness (QED) is 0.803. The lowest BCUT2D eigenvalue weighted by Crippen LogP contribution is -2.45. The Balaban J connectivity index is 1.70. The fourth-order valence-corrected chi connectivity index (χ4v) is 3.85. The first-order valence-electron chi connectivity index (χ1n) is 9.57. The molecule has 2 fully saturated rings. The summed E-state index contributed by atoms with van der Waals surface area (Å²) in [5.41, 5.74) is 1.30. The van der Waals surface area contributed by atoms with Crippen LogP contribution >= 0.6 is 0 Å². The molecule has 0 N–H and O–H groups in total. The lowest BCUT2D eigenvalue weighted by Gasteiger charge is -2.37. The zero-order valence-corrected chi connectivity index (χ0v) is 16.1. The van der Waals surface area contributed by atoms with Crippen molar-refractivity contribution in [2.24, 2.45) is 0 Å². The first-order valence-corrected chi connectivity index (χ1v) is 9.57. The molecule has 2 aliphatic rings. The largest absolute Gasteiger partial charge is 0.347 e. The van der Waals surface area contributed by atoms with E-state index in [1.165, 1.54) is 0 Å². The van der Waals surface area contributed by atoms with E-state index in [0.717, 1.165) is 51.7 Å². The number of amides is 2. The van der Waals surface area contributed by atoms with Gasteiger partial charge >= 0.3 is 0 Å². The normalized spacial score (nSPS) is 20.6. The van der Waals surface area contributed by atoms with E-state index in [1.54, 1.807) is 6.20 Å². The Kier molecular flexibility index (Phi) is 5.74. The molecule has 0 bridgehead atoms. The van der Waals surface area contributed by atoms with Crippen molar-refractivity contribution in [3.8, 4) is 0 Å². The molecule has 0 radical (unpaired) electrons. The molecule has 0 spiro atoms. The molecule has 0 saturated carbocycles. The number of nitrogens with zero attached hydrogens (tertiary/aromatic N) is 5. The van der Waals surface area contributed by atoms with Gasteiger partial charge in [-0.25, -0.2) is 9.97 Å². The molecular weight excluding hydrogens is 330 g/mol. The lowest BCUT2D eigenvalue weighted by atomic mass is 9.98. The number of rotatable bonds is 5. The second kappa shape index (κ2) is 8.01. The van der Waals surface area contributed by atoms with Gasteiger partial charge in [0, 0.05) is 52.4 Å². The van der Waals surface area contributed by atoms with Crippen LogP contribution in [0.2, 0.25) is 0 Å². The molecular formula is C19H29N5O2. The molecule has 0 aromatic carbocycles. The highest BCUT2D eigenvalue weighted by atomic mass is 16.2. The summed E-state index contributed by atoms with van der Waals surface area (Å²) in [6.07, 6.45) is 7.30. The summed E-state index contributed by atoms with van der Waals surface area (Å²) in [4.78, 5) is 39.5. The van der Waals surface area contributed by atoms with Crippen LogP contribution in [-0.2, 0) is 4.79 Å². The van der Waals surface area contributed by atoms with Crippen LogP contribution in [0.5, 0.6) is 0 Å². The van der Waals surface area contributed by atoms with Crippen molar-refractivity contribution in [3.63, 3.8) is 0 Å². The highest BCUT2D eigenvalue weighted by molar-refractivity contribution is 5.95. The molecule has 2 saturated heterocycles. The highest BCUT2D eigenvalue weighted by Crippen LogP contribution is 2.24. The molecule has 3 heterocycles. The summed E-state index contributed by atoms with van der Waals surface area (Å²) in [7, 11) is 3.77. The molecule has 2 amide bonds.